The maximum Gasteiger partial charge on any atom is 0.335 e. The van der Waals surface area contributed by atoms with Crippen LogP contribution in [0.5, 0.6) is 5.75 Å². The Balaban J connectivity index is 2.97. The maximum atomic E-state index is 10.9. The topological polar surface area (TPSA) is 98.9 Å². The van der Waals surface area contributed by atoms with Crippen LogP contribution >= 0.6 is 0 Å². The third-order valence-corrected chi connectivity index (χ3v) is 2.46. The molecule has 1 unspecified atom stereocenters. The fourth-order valence-electron chi connectivity index (χ4n) is 1.45. The predicted octanol–water partition coefficient (Wildman–Crippen LogP) is 2.10. The lowest BCUT2D eigenvalue weighted by atomic mass is 10.2. The molecule has 0 saturated carbocycles. The van der Waals surface area contributed by atoms with Crippen LogP contribution in [0.15, 0.2) is 18.2 Å². The SMILES string of the molecule is COCCC(C)Oc1cc(C(=O)O)ccc1[N+](=O)[O-]. The van der Waals surface area contributed by atoms with E-state index < -0.39 is 10.9 Å². The molecule has 0 fully saturated rings. The van der Waals surface area contributed by atoms with E-state index in [0.717, 1.165) is 12.1 Å². The Labute approximate surface area is 109 Å². The Hall–Kier alpha value is -2.15. The summed E-state index contributed by atoms with van der Waals surface area (Å²) in [4.78, 5) is 21.1. The van der Waals surface area contributed by atoms with Crippen LogP contribution in [-0.4, -0.2) is 35.8 Å². The summed E-state index contributed by atoms with van der Waals surface area (Å²) in [6, 6.07) is 3.46. The zero-order valence-electron chi connectivity index (χ0n) is 10.7. The van der Waals surface area contributed by atoms with E-state index in [1.165, 1.54) is 6.07 Å². The number of carboxylic acid groups (broad SMARTS) is 1. The van der Waals surface area contributed by atoms with Gasteiger partial charge in [0, 0.05) is 32.3 Å². The van der Waals surface area contributed by atoms with Crippen molar-refractivity contribution in [3.63, 3.8) is 0 Å². The first-order valence-electron chi connectivity index (χ1n) is 5.63. The summed E-state index contributed by atoms with van der Waals surface area (Å²) in [5.74, 6) is -1.21. The Bertz CT molecular complexity index is 473. The first kappa shape index (κ1) is 14.9. The van der Waals surface area contributed by atoms with Gasteiger partial charge >= 0.3 is 11.7 Å². The Morgan fingerprint density at radius 2 is 2.21 bits per heavy atom. The van der Waals surface area contributed by atoms with Crippen molar-refractivity contribution >= 4 is 11.7 Å². The molecule has 1 atom stereocenters. The van der Waals surface area contributed by atoms with E-state index in [9.17, 15) is 14.9 Å². The second-order valence-electron chi connectivity index (χ2n) is 3.95. The summed E-state index contributed by atoms with van der Waals surface area (Å²) in [5, 5.41) is 19.7. The van der Waals surface area contributed by atoms with Gasteiger partial charge in [0.1, 0.15) is 0 Å². The summed E-state index contributed by atoms with van der Waals surface area (Å²) >= 11 is 0. The second-order valence-corrected chi connectivity index (χ2v) is 3.95. The minimum absolute atomic E-state index is 0.0477. The van der Waals surface area contributed by atoms with E-state index in [2.05, 4.69) is 0 Å². The van der Waals surface area contributed by atoms with Crippen molar-refractivity contribution in [1.82, 2.24) is 0 Å². The monoisotopic (exact) mass is 269 g/mol. The minimum Gasteiger partial charge on any atom is -0.484 e. The molecule has 7 nitrogen and oxygen atoms in total. The molecule has 1 rings (SSSR count). The maximum absolute atomic E-state index is 10.9. The average Bonchev–Trinajstić information content (AvgIpc) is 2.35. The first-order valence-corrected chi connectivity index (χ1v) is 5.63. The summed E-state index contributed by atoms with van der Waals surface area (Å²) in [6.45, 7) is 2.18. The van der Waals surface area contributed by atoms with Crippen molar-refractivity contribution in [2.75, 3.05) is 13.7 Å². The molecular formula is C12H15NO6. The van der Waals surface area contributed by atoms with Crippen LogP contribution < -0.4 is 4.74 Å². The van der Waals surface area contributed by atoms with Crippen molar-refractivity contribution in [3.8, 4) is 5.75 Å². The minimum atomic E-state index is -1.16. The number of nitro benzene ring substituents is 1. The van der Waals surface area contributed by atoms with Crippen LogP contribution in [0, 0.1) is 10.1 Å². The van der Waals surface area contributed by atoms with Gasteiger partial charge in [0.05, 0.1) is 16.6 Å². The zero-order chi connectivity index (χ0) is 14.4. The molecule has 0 spiro atoms. The van der Waals surface area contributed by atoms with Gasteiger partial charge in [-0.2, -0.15) is 0 Å². The van der Waals surface area contributed by atoms with E-state index in [0.29, 0.717) is 13.0 Å². The largest absolute Gasteiger partial charge is 0.484 e. The molecule has 104 valence electrons. The van der Waals surface area contributed by atoms with Crippen molar-refractivity contribution in [2.45, 2.75) is 19.4 Å². The number of hydrogen-bond acceptors (Lipinski definition) is 5. The van der Waals surface area contributed by atoms with E-state index in [-0.39, 0.29) is 23.1 Å². The number of nitro groups is 1. The third kappa shape index (κ3) is 4.22. The molecule has 1 aromatic carbocycles. The van der Waals surface area contributed by atoms with Crippen LogP contribution in [-0.2, 0) is 4.74 Å². The normalized spacial score (nSPS) is 11.9. The van der Waals surface area contributed by atoms with Gasteiger partial charge in [-0.3, -0.25) is 10.1 Å². The van der Waals surface area contributed by atoms with Crippen LogP contribution in [0.1, 0.15) is 23.7 Å². The predicted molar refractivity (Wildman–Crippen MR) is 66.6 cm³/mol. The summed E-state index contributed by atoms with van der Waals surface area (Å²) in [6.07, 6.45) is 0.230. The number of nitrogens with zero attached hydrogens (tertiary/aromatic N) is 1. The van der Waals surface area contributed by atoms with Gasteiger partial charge in [0.2, 0.25) is 0 Å². The molecule has 0 aliphatic rings. The Morgan fingerprint density at radius 1 is 1.53 bits per heavy atom. The van der Waals surface area contributed by atoms with Crippen LogP contribution in [0.3, 0.4) is 0 Å². The lowest BCUT2D eigenvalue weighted by molar-refractivity contribution is -0.386. The highest BCUT2D eigenvalue weighted by Crippen LogP contribution is 2.29. The first-order chi connectivity index (χ1) is 8.95. The van der Waals surface area contributed by atoms with Gasteiger partial charge in [0.15, 0.2) is 5.75 Å². The molecule has 0 aliphatic heterocycles. The molecule has 19 heavy (non-hydrogen) atoms. The molecule has 0 aliphatic carbocycles. The number of carboxylic acids is 1. The van der Waals surface area contributed by atoms with Gasteiger partial charge in [-0.25, -0.2) is 4.79 Å². The van der Waals surface area contributed by atoms with E-state index in [1.807, 2.05) is 0 Å². The van der Waals surface area contributed by atoms with Crippen molar-refractivity contribution in [1.29, 1.82) is 0 Å². The Kier molecular flexibility index (Phi) is 5.25. The van der Waals surface area contributed by atoms with Gasteiger partial charge in [-0.05, 0) is 13.0 Å². The third-order valence-electron chi connectivity index (χ3n) is 2.46. The number of hydrogen-bond donors (Lipinski definition) is 1. The van der Waals surface area contributed by atoms with Crippen molar-refractivity contribution in [2.24, 2.45) is 0 Å². The lowest BCUT2D eigenvalue weighted by Gasteiger charge is -2.14. The summed E-state index contributed by atoms with van der Waals surface area (Å²) < 4.78 is 10.3. The summed E-state index contributed by atoms with van der Waals surface area (Å²) in [7, 11) is 1.54. The van der Waals surface area contributed by atoms with E-state index >= 15 is 0 Å². The Morgan fingerprint density at radius 3 is 2.74 bits per heavy atom. The molecule has 0 aromatic heterocycles. The highest BCUT2D eigenvalue weighted by atomic mass is 16.6. The van der Waals surface area contributed by atoms with E-state index in [4.69, 9.17) is 14.6 Å². The van der Waals surface area contributed by atoms with Crippen LogP contribution in [0.25, 0.3) is 0 Å². The molecule has 1 aromatic rings. The molecule has 0 amide bonds. The average molecular weight is 269 g/mol. The number of carbonyl (C=O) groups is 1. The number of benzene rings is 1. The standard InChI is InChI=1S/C12H15NO6/c1-8(5-6-18-2)19-11-7-9(12(14)15)3-4-10(11)13(16)17/h3-4,7-8H,5-6H2,1-2H3,(H,14,15). The van der Waals surface area contributed by atoms with Crippen molar-refractivity contribution < 1.29 is 24.3 Å². The lowest BCUT2D eigenvalue weighted by Crippen LogP contribution is -2.15. The molecular weight excluding hydrogens is 254 g/mol. The number of rotatable bonds is 7. The molecule has 1 N–H and O–H groups in total. The molecule has 7 heteroatoms. The highest BCUT2D eigenvalue weighted by Gasteiger charge is 2.19. The fourth-order valence-corrected chi connectivity index (χ4v) is 1.45. The van der Waals surface area contributed by atoms with Gasteiger partial charge in [-0.15, -0.1) is 0 Å². The number of ether oxygens (including phenoxy) is 2. The fraction of sp³-hybridized carbons (Fsp3) is 0.417. The molecule has 0 heterocycles. The highest BCUT2D eigenvalue weighted by molar-refractivity contribution is 5.88. The summed E-state index contributed by atoms with van der Waals surface area (Å²) in [5.41, 5.74) is -0.311. The van der Waals surface area contributed by atoms with Gasteiger partial charge in [0.25, 0.3) is 0 Å². The van der Waals surface area contributed by atoms with Crippen molar-refractivity contribution in [3.05, 3.63) is 33.9 Å². The smallest absolute Gasteiger partial charge is 0.335 e. The number of aromatic carboxylic acids is 1. The van der Waals surface area contributed by atoms with Gasteiger partial charge in [-0.1, -0.05) is 0 Å². The molecule has 0 radical (unpaired) electrons. The van der Waals surface area contributed by atoms with E-state index in [1.54, 1.807) is 14.0 Å². The second kappa shape index (κ2) is 6.69. The molecule has 0 bridgehead atoms. The number of methoxy groups -OCH3 is 1. The quantitative estimate of drug-likeness (QED) is 0.601. The van der Waals surface area contributed by atoms with Crippen LogP contribution in [0.4, 0.5) is 5.69 Å². The zero-order valence-corrected chi connectivity index (χ0v) is 10.7. The van der Waals surface area contributed by atoms with Gasteiger partial charge < -0.3 is 14.6 Å². The van der Waals surface area contributed by atoms with Crippen LogP contribution in [0.2, 0.25) is 0 Å². The molecule has 0 saturated heterocycles.